The summed E-state index contributed by atoms with van der Waals surface area (Å²) in [5, 5.41) is 2.59. The van der Waals surface area contributed by atoms with E-state index < -0.39 is 12.1 Å². The summed E-state index contributed by atoms with van der Waals surface area (Å²) < 4.78 is 4.75. The van der Waals surface area contributed by atoms with E-state index in [0.717, 1.165) is 0 Å². The first kappa shape index (κ1) is 13.9. The average Bonchev–Trinajstić information content (AvgIpc) is 2.13. The Balaban J connectivity index is 4.41. The molecule has 0 aromatic heterocycles. The molecule has 0 aliphatic carbocycles. The van der Waals surface area contributed by atoms with Gasteiger partial charge in [0, 0.05) is 5.92 Å². The summed E-state index contributed by atoms with van der Waals surface area (Å²) >= 11 is 0. The van der Waals surface area contributed by atoms with Gasteiger partial charge < -0.3 is 10.1 Å². The number of carbonyl (C=O) groups excluding carboxylic acids is 2. The van der Waals surface area contributed by atoms with Crippen LogP contribution < -0.4 is 5.32 Å². The quantitative estimate of drug-likeness (QED) is 0.763. The Bertz CT molecular complexity index is 224. The highest BCUT2D eigenvalue weighted by molar-refractivity contribution is 5.88. The lowest BCUT2D eigenvalue weighted by atomic mass is 9.93. The predicted molar refractivity (Wildman–Crippen MR) is 58.6 cm³/mol. The highest BCUT2D eigenvalue weighted by Crippen LogP contribution is 2.09. The lowest BCUT2D eigenvalue weighted by molar-refractivity contribution is -0.124. The van der Waals surface area contributed by atoms with Gasteiger partial charge in [-0.05, 0) is 12.8 Å². The molecule has 0 unspecified atom stereocenters. The third-order valence-electron chi connectivity index (χ3n) is 2.09. The Morgan fingerprint density at radius 1 is 1.20 bits per heavy atom. The van der Waals surface area contributed by atoms with Crippen molar-refractivity contribution >= 4 is 11.9 Å². The third kappa shape index (κ3) is 4.81. The van der Waals surface area contributed by atoms with E-state index in [1.807, 2.05) is 27.7 Å². The first-order chi connectivity index (χ1) is 6.90. The molecule has 0 spiro atoms. The number of nitrogens with one attached hydrogen (secondary N) is 1. The van der Waals surface area contributed by atoms with E-state index in [1.54, 1.807) is 6.92 Å². The summed E-state index contributed by atoms with van der Waals surface area (Å²) in [6, 6.07) is -0.455. The molecule has 0 saturated heterocycles. The molecular formula is C11H21NO3. The standard InChI is InChI=1S/C11H21NO3/c1-6-15-11(14)12-9(7(2)3)10(13)8(4)5/h7-9H,6H2,1-5H3,(H,12,14)/t9-/m0/s1. The Labute approximate surface area is 91.4 Å². The molecule has 0 fully saturated rings. The van der Waals surface area contributed by atoms with E-state index >= 15 is 0 Å². The van der Waals surface area contributed by atoms with Gasteiger partial charge in [-0.1, -0.05) is 27.7 Å². The monoisotopic (exact) mass is 215 g/mol. The van der Waals surface area contributed by atoms with Crippen LogP contribution in [0.3, 0.4) is 0 Å². The number of rotatable bonds is 5. The minimum atomic E-state index is -0.523. The van der Waals surface area contributed by atoms with Crippen LogP contribution in [0.1, 0.15) is 34.6 Å². The maximum atomic E-state index is 11.8. The van der Waals surface area contributed by atoms with Crippen molar-refractivity contribution in [1.82, 2.24) is 5.32 Å². The summed E-state index contributed by atoms with van der Waals surface area (Å²) in [7, 11) is 0. The number of ether oxygens (including phenoxy) is 1. The molecule has 0 heterocycles. The molecule has 0 bridgehead atoms. The van der Waals surface area contributed by atoms with Crippen LogP contribution in [-0.2, 0) is 9.53 Å². The van der Waals surface area contributed by atoms with Crippen LogP contribution in [0.4, 0.5) is 4.79 Å². The summed E-state index contributed by atoms with van der Waals surface area (Å²) in [5.74, 6) is 0.0293. The van der Waals surface area contributed by atoms with Gasteiger partial charge in [-0.25, -0.2) is 4.79 Å². The molecule has 0 saturated carbocycles. The number of hydrogen-bond acceptors (Lipinski definition) is 3. The molecule has 0 radical (unpaired) electrons. The number of Topliss-reactive ketones (excluding diaryl/α,β-unsaturated/α-hetero) is 1. The minimum absolute atomic E-state index is 0.0399. The lowest BCUT2D eigenvalue weighted by Gasteiger charge is -2.22. The number of carbonyl (C=O) groups is 2. The Hall–Kier alpha value is -1.06. The average molecular weight is 215 g/mol. The number of alkyl carbamates (subject to hydrolysis) is 1. The summed E-state index contributed by atoms with van der Waals surface area (Å²) in [6.45, 7) is 9.49. The molecule has 1 atom stereocenters. The second-order valence-electron chi connectivity index (χ2n) is 4.14. The number of ketones is 1. The molecular weight excluding hydrogens is 194 g/mol. The maximum absolute atomic E-state index is 11.8. The summed E-state index contributed by atoms with van der Waals surface area (Å²) in [6.07, 6.45) is -0.523. The zero-order chi connectivity index (χ0) is 12.0. The van der Waals surface area contributed by atoms with Gasteiger partial charge in [0.1, 0.15) is 0 Å². The van der Waals surface area contributed by atoms with Crippen molar-refractivity contribution in [3.8, 4) is 0 Å². The minimum Gasteiger partial charge on any atom is -0.450 e. The van der Waals surface area contributed by atoms with Crippen molar-refractivity contribution < 1.29 is 14.3 Å². The Morgan fingerprint density at radius 3 is 2.07 bits per heavy atom. The molecule has 1 amide bonds. The van der Waals surface area contributed by atoms with Crippen LogP contribution in [-0.4, -0.2) is 24.5 Å². The molecule has 0 aliphatic heterocycles. The molecule has 1 N–H and O–H groups in total. The van der Waals surface area contributed by atoms with Crippen LogP contribution >= 0.6 is 0 Å². The van der Waals surface area contributed by atoms with Crippen molar-refractivity contribution in [2.75, 3.05) is 6.61 Å². The van der Waals surface area contributed by atoms with Gasteiger partial charge >= 0.3 is 6.09 Å². The first-order valence-corrected chi connectivity index (χ1v) is 5.37. The summed E-state index contributed by atoms with van der Waals surface area (Å²) in [5.41, 5.74) is 0. The van der Waals surface area contributed by atoms with E-state index in [9.17, 15) is 9.59 Å². The molecule has 4 heteroatoms. The van der Waals surface area contributed by atoms with Gasteiger partial charge in [0.05, 0.1) is 12.6 Å². The zero-order valence-electron chi connectivity index (χ0n) is 10.2. The number of amides is 1. The highest BCUT2D eigenvalue weighted by Gasteiger charge is 2.26. The van der Waals surface area contributed by atoms with Gasteiger partial charge in [-0.3, -0.25) is 4.79 Å². The third-order valence-corrected chi connectivity index (χ3v) is 2.09. The van der Waals surface area contributed by atoms with Crippen molar-refractivity contribution in [2.45, 2.75) is 40.7 Å². The van der Waals surface area contributed by atoms with Gasteiger partial charge in [-0.15, -0.1) is 0 Å². The fourth-order valence-electron chi connectivity index (χ4n) is 1.23. The van der Waals surface area contributed by atoms with Gasteiger partial charge in [0.25, 0.3) is 0 Å². The lowest BCUT2D eigenvalue weighted by Crippen LogP contribution is -2.46. The molecule has 0 aromatic rings. The van der Waals surface area contributed by atoms with Crippen molar-refractivity contribution in [3.05, 3.63) is 0 Å². The van der Waals surface area contributed by atoms with Crippen molar-refractivity contribution in [3.63, 3.8) is 0 Å². The Morgan fingerprint density at radius 2 is 1.73 bits per heavy atom. The van der Waals surface area contributed by atoms with E-state index in [4.69, 9.17) is 4.74 Å². The van der Waals surface area contributed by atoms with Crippen LogP contribution in [0.2, 0.25) is 0 Å². The Kier molecular flexibility index (Phi) is 5.97. The van der Waals surface area contributed by atoms with Crippen LogP contribution in [0.15, 0.2) is 0 Å². The number of hydrogen-bond donors (Lipinski definition) is 1. The van der Waals surface area contributed by atoms with Crippen LogP contribution in [0, 0.1) is 11.8 Å². The maximum Gasteiger partial charge on any atom is 0.407 e. The van der Waals surface area contributed by atoms with E-state index in [0.29, 0.717) is 6.61 Å². The van der Waals surface area contributed by atoms with Crippen LogP contribution in [0.25, 0.3) is 0 Å². The molecule has 15 heavy (non-hydrogen) atoms. The van der Waals surface area contributed by atoms with E-state index in [1.165, 1.54) is 0 Å². The fourth-order valence-corrected chi connectivity index (χ4v) is 1.23. The highest BCUT2D eigenvalue weighted by atomic mass is 16.5. The summed E-state index contributed by atoms with van der Waals surface area (Å²) in [4.78, 5) is 23.0. The fraction of sp³-hybridized carbons (Fsp3) is 0.818. The first-order valence-electron chi connectivity index (χ1n) is 5.37. The smallest absolute Gasteiger partial charge is 0.407 e. The molecule has 0 rings (SSSR count). The molecule has 4 nitrogen and oxygen atoms in total. The van der Waals surface area contributed by atoms with Crippen molar-refractivity contribution in [2.24, 2.45) is 11.8 Å². The zero-order valence-corrected chi connectivity index (χ0v) is 10.2. The van der Waals surface area contributed by atoms with Crippen LogP contribution in [0.5, 0.6) is 0 Å². The molecule has 0 aromatic carbocycles. The molecule has 88 valence electrons. The van der Waals surface area contributed by atoms with Gasteiger partial charge in [0.2, 0.25) is 0 Å². The second-order valence-corrected chi connectivity index (χ2v) is 4.14. The van der Waals surface area contributed by atoms with E-state index in [-0.39, 0.29) is 17.6 Å². The van der Waals surface area contributed by atoms with Gasteiger partial charge in [0.15, 0.2) is 5.78 Å². The van der Waals surface area contributed by atoms with Gasteiger partial charge in [-0.2, -0.15) is 0 Å². The second kappa shape index (κ2) is 6.43. The van der Waals surface area contributed by atoms with E-state index in [2.05, 4.69) is 5.32 Å². The normalized spacial score (nSPS) is 12.7. The largest absolute Gasteiger partial charge is 0.450 e. The molecule has 0 aliphatic rings. The van der Waals surface area contributed by atoms with Crippen molar-refractivity contribution in [1.29, 1.82) is 0 Å². The SMILES string of the molecule is CCOC(=O)N[C@H](C(=O)C(C)C)C(C)C. The topological polar surface area (TPSA) is 55.4 Å². The predicted octanol–water partition coefficient (Wildman–Crippen LogP) is 1.98.